The Morgan fingerprint density at radius 3 is 2.57 bits per heavy atom. The number of ether oxygens (including phenoxy) is 2. The number of hydrogen-bond donors (Lipinski definition) is 1. The van der Waals surface area contributed by atoms with Crippen molar-refractivity contribution >= 4 is 45.8 Å². The molecule has 0 unspecified atom stereocenters. The molecular weight excluding hydrogens is 429 g/mol. The maximum Gasteiger partial charge on any atom is 0.255 e. The van der Waals surface area contributed by atoms with Gasteiger partial charge in [0.1, 0.15) is 0 Å². The van der Waals surface area contributed by atoms with E-state index in [-0.39, 0.29) is 5.91 Å². The molecule has 2 aromatic rings. The van der Waals surface area contributed by atoms with Gasteiger partial charge in [-0.05, 0) is 66.8 Å². The molecule has 0 aliphatic rings. The summed E-state index contributed by atoms with van der Waals surface area (Å²) in [7, 11) is 0. The third-order valence-electron chi connectivity index (χ3n) is 2.94. The average molecular weight is 446 g/mol. The molecule has 1 N–H and O–H groups in total. The van der Waals surface area contributed by atoms with E-state index in [1.165, 1.54) is 0 Å². The minimum absolute atomic E-state index is 0.252. The van der Waals surface area contributed by atoms with Gasteiger partial charge in [-0.25, -0.2) is 0 Å². The largest absolute Gasteiger partial charge is 0.490 e. The van der Waals surface area contributed by atoms with Crippen LogP contribution in [0.5, 0.6) is 11.5 Å². The van der Waals surface area contributed by atoms with E-state index in [2.05, 4.69) is 27.9 Å². The second kappa shape index (κ2) is 8.40. The molecule has 2 rings (SSSR count). The molecule has 0 bridgehead atoms. The van der Waals surface area contributed by atoms with Crippen LogP contribution >= 0.6 is 34.2 Å². The second-order valence-electron chi connectivity index (χ2n) is 4.62. The number of amides is 1. The van der Waals surface area contributed by atoms with E-state index in [0.29, 0.717) is 35.3 Å². The van der Waals surface area contributed by atoms with Gasteiger partial charge in [0.15, 0.2) is 11.5 Å². The van der Waals surface area contributed by atoms with Gasteiger partial charge in [0.2, 0.25) is 0 Å². The molecule has 23 heavy (non-hydrogen) atoms. The monoisotopic (exact) mass is 445 g/mol. The van der Waals surface area contributed by atoms with Crippen LogP contribution in [0.15, 0.2) is 36.4 Å². The van der Waals surface area contributed by atoms with Crippen molar-refractivity contribution < 1.29 is 14.3 Å². The van der Waals surface area contributed by atoms with E-state index in [1.54, 1.807) is 12.1 Å². The SMILES string of the molecule is CCOc1cc(C(=O)Nc2cccc(I)c2)cc(Cl)c1OCC. The Balaban J connectivity index is 2.29. The van der Waals surface area contributed by atoms with Crippen molar-refractivity contribution in [2.45, 2.75) is 13.8 Å². The summed E-state index contributed by atoms with van der Waals surface area (Å²) >= 11 is 8.43. The fourth-order valence-corrected chi connectivity index (χ4v) is 2.82. The summed E-state index contributed by atoms with van der Waals surface area (Å²) in [5.41, 5.74) is 1.14. The van der Waals surface area contributed by atoms with Crippen molar-refractivity contribution in [3.63, 3.8) is 0 Å². The summed E-state index contributed by atoms with van der Waals surface area (Å²) in [5, 5.41) is 3.20. The van der Waals surface area contributed by atoms with Gasteiger partial charge in [0.05, 0.1) is 18.2 Å². The molecule has 0 heterocycles. The maximum absolute atomic E-state index is 12.4. The lowest BCUT2D eigenvalue weighted by atomic mass is 10.1. The Kier molecular flexibility index (Phi) is 6.53. The Morgan fingerprint density at radius 2 is 1.91 bits per heavy atom. The Morgan fingerprint density at radius 1 is 1.17 bits per heavy atom. The van der Waals surface area contributed by atoms with Crippen LogP contribution in [-0.4, -0.2) is 19.1 Å². The topological polar surface area (TPSA) is 47.6 Å². The van der Waals surface area contributed by atoms with E-state index in [9.17, 15) is 4.79 Å². The molecule has 6 heteroatoms. The van der Waals surface area contributed by atoms with E-state index in [4.69, 9.17) is 21.1 Å². The number of anilines is 1. The molecule has 122 valence electrons. The summed E-state index contributed by atoms with van der Waals surface area (Å²) in [6.45, 7) is 4.65. The van der Waals surface area contributed by atoms with E-state index in [1.807, 2.05) is 38.1 Å². The molecule has 0 saturated carbocycles. The minimum Gasteiger partial charge on any atom is -0.490 e. The lowest BCUT2D eigenvalue weighted by Crippen LogP contribution is -2.12. The molecular formula is C17H17ClINO3. The van der Waals surface area contributed by atoms with Gasteiger partial charge < -0.3 is 14.8 Å². The highest BCUT2D eigenvalue weighted by Gasteiger charge is 2.16. The smallest absolute Gasteiger partial charge is 0.255 e. The number of carbonyl (C=O) groups is 1. The van der Waals surface area contributed by atoms with Crippen molar-refractivity contribution in [2.24, 2.45) is 0 Å². The van der Waals surface area contributed by atoms with Gasteiger partial charge in [-0.15, -0.1) is 0 Å². The Labute approximate surface area is 154 Å². The highest BCUT2D eigenvalue weighted by Crippen LogP contribution is 2.36. The zero-order chi connectivity index (χ0) is 16.8. The summed E-state index contributed by atoms with van der Waals surface area (Å²) in [6, 6.07) is 10.8. The molecule has 0 aliphatic carbocycles. The normalized spacial score (nSPS) is 10.3. The van der Waals surface area contributed by atoms with Crippen molar-refractivity contribution in [1.29, 1.82) is 0 Å². The predicted octanol–water partition coefficient (Wildman–Crippen LogP) is 4.99. The Bertz CT molecular complexity index is 706. The quantitative estimate of drug-likeness (QED) is 0.637. The number of carbonyl (C=O) groups excluding carboxylic acids is 1. The average Bonchev–Trinajstić information content (AvgIpc) is 2.50. The predicted molar refractivity (Wildman–Crippen MR) is 101 cm³/mol. The Hall–Kier alpha value is -1.47. The first-order valence-corrected chi connectivity index (χ1v) is 8.66. The fourth-order valence-electron chi connectivity index (χ4n) is 2.02. The van der Waals surface area contributed by atoms with Crippen LogP contribution in [0, 0.1) is 3.57 Å². The fraction of sp³-hybridized carbons (Fsp3) is 0.235. The van der Waals surface area contributed by atoms with Crippen molar-refractivity contribution in [3.8, 4) is 11.5 Å². The molecule has 0 saturated heterocycles. The van der Waals surface area contributed by atoms with Gasteiger partial charge >= 0.3 is 0 Å². The molecule has 0 aliphatic heterocycles. The lowest BCUT2D eigenvalue weighted by molar-refractivity contribution is 0.102. The minimum atomic E-state index is -0.252. The zero-order valence-electron chi connectivity index (χ0n) is 12.9. The van der Waals surface area contributed by atoms with Crippen molar-refractivity contribution in [2.75, 3.05) is 18.5 Å². The van der Waals surface area contributed by atoms with Crippen LogP contribution in [-0.2, 0) is 0 Å². The number of halogens is 2. The van der Waals surface area contributed by atoms with Crippen molar-refractivity contribution in [3.05, 3.63) is 50.6 Å². The molecule has 1 amide bonds. The van der Waals surface area contributed by atoms with Crippen LogP contribution in [0.4, 0.5) is 5.69 Å². The van der Waals surface area contributed by atoms with Gasteiger partial charge in [-0.1, -0.05) is 17.7 Å². The van der Waals surface area contributed by atoms with Crippen molar-refractivity contribution in [1.82, 2.24) is 0 Å². The third kappa shape index (κ3) is 4.75. The molecule has 0 fully saturated rings. The summed E-state index contributed by atoms with van der Waals surface area (Å²) < 4.78 is 12.1. The van der Waals surface area contributed by atoms with E-state index >= 15 is 0 Å². The maximum atomic E-state index is 12.4. The van der Waals surface area contributed by atoms with Gasteiger partial charge in [-0.2, -0.15) is 0 Å². The van der Waals surface area contributed by atoms with Crippen LogP contribution < -0.4 is 14.8 Å². The molecule has 4 nitrogen and oxygen atoms in total. The number of hydrogen-bond acceptors (Lipinski definition) is 3. The van der Waals surface area contributed by atoms with Gasteiger partial charge in [-0.3, -0.25) is 4.79 Å². The third-order valence-corrected chi connectivity index (χ3v) is 3.89. The van der Waals surface area contributed by atoms with Crippen LogP contribution in [0.25, 0.3) is 0 Å². The van der Waals surface area contributed by atoms with Crippen LogP contribution in [0.1, 0.15) is 24.2 Å². The zero-order valence-corrected chi connectivity index (χ0v) is 15.8. The number of benzene rings is 2. The van der Waals surface area contributed by atoms with E-state index in [0.717, 1.165) is 9.26 Å². The number of nitrogens with one attached hydrogen (secondary N) is 1. The highest BCUT2D eigenvalue weighted by atomic mass is 127. The number of rotatable bonds is 6. The molecule has 0 radical (unpaired) electrons. The first kappa shape index (κ1) is 17.9. The first-order valence-electron chi connectivity index (χ1n) is 7.21. The van der Waals surface area contributed by atoms with Crippen LogP contribution in [0.3, 0.4) is 0 Å². The highest BCUT2D eigenvalue weighted by molar-refractivity contribution is 14.1. The molecule has 2 aromatic carbocycles. The lowest BCUT2D eigenvalue weighted by Gasteiger charge is -2.14. The summed E-state index contributed by atoms with van der Waals surface area (Å²) in [5.74, 6) is 0.675. The molecule has 0 aromatic heterocycles. The standard InChI is InChI=1S/C17H17ClINO3/c1-3-22-15-9-11(8-14(18)16(15)23-4-2)17(21)20-13-7-5-6-12(19)10-13/h5-10H,3-4H2,1-2H3,(H,20,21). The first-order chi connectivity index (χ1) is 11.0. The molecule has 0 atom stereocenters. The molecule has 0 spiro atoms. The summed E-state index contributed by atoms with van der Waals surface area (Å²) in [6.07, 6.45) is 0. The summed E-state index contributed by atoms with van der Waals surface area (Å²) in [4.78, 5) is 12.4. The van der Waals surface area contributed by atoms with Crippen LogP contribution in [0.2, 0.25) is 5.02 Å². The van der Waals surface area contributed by atoms with Gasteiger partial charge in [0, 0.05) is 14.8 Å². The second-order valence-corrected chi connectivity index (χ2v) is 6.27. The van der Waals surface area contributed by atoms with Gasteiger partial charge in [0.25, 0.3) is 5.91 Å². The van der Waals surface area contributed by atoms with E-state index < -0.39 is 0 Å².